The Labute approximate surface area is 200 Å². The highest BCUT2D eigenvalue weighted by molar-refractivity contribution is 5.95. The number of carbonyl (C=O) groups excluding carboxylic acids is 2. The van der Waals surface area contributed by atoms with Gasteiger partial charge in [0.2, 0.25) is 5.91 Å². The zero-order valence-electron chi connectivity index (χ0n) is 19.8. The first kappa shape index (κ1) is 24.2. The monoisotopic (exact) mass is 466 g/mol. The number of carbonyl (C=O) groups is 2. The van der Waals surface area contributed by atoms with Gasteiger partial charge in [0.1, 0.15) is 11.9 Å². The number of rotatable bonds is 8. The summed E-state index contributed by atoms with van der Waals surface area (Å²) in [5.41, 5.74) is 2.10. The number of benzene rings is 2. The number of anilines is 1. The molecule has 1 fully saturated rings. The predicted molar refractivity (Wildman–Crippen MR) is 130 cm³/mol. The summed E-state index contributed by atoms with van der Waals surface area (Å²) >= 11 is 0. The van der Waals surface area contributed by atoms with Gasteiger partial charge in [-0.2, -0.15) is 0 Å². The van der Waals surface area contributed by atoms with Crippen molar-refractivity contribution in [2.75, 3.05) is 25.6 Å². The minimum Gasteiger partial charge on any atom is -0.497 e. The number of aliphatic hydroxyl groups is 1. The van der Waals surface area contributed by atoms with Crippen LogP contribution in [0.4, 0.5) is 5.69 Å². The topological polar surface area (TPSA) is 96.9 Å². The van der Waals surface area contributed by atoms with Crippen LogP contribution in [0.2, 0.25) is 0 Å². The summed E-state index contributed by atoms with van der Waals surface area (Å²) in [6.45, 7) is 3.02. The molecule has 2 aromatic carbocycles. The maximum Gasteiger partial charge on any atom is 0.338 e. The maximum atomic E-state index is 13.2. The smallest absolute Gasteiger partial charge is 0.338 e. The van der Waals surface area contributed by atoms with E-state index in [1.807, 2.05) is 36.4 Å². The number of esters is 1. The molecular weight excluding hydrogens is 432 g/mol. The van der Waals surface area contributed by atoms with Crippen LogP contribution in [0.15, 0.2) is 48.5 Å². The van der Waals surface area contributed by atoms with Crippen LogP contribution in [0.25, 0.3) is 0 Å². The molecule has 0 saturated carbocycles. The van der Waals surface area contributed by atoms with E-state index in [0.717, 1.165) is 37.1 Å². The third kappa shape index (κ3) is 5.26. The van der Waals surface area contributed by atoms with E-state index in [1.54, 1.807) is 19.2 Å². The molecular formula is C27H34N2O5. The van der Waals surface area contributed by atoms with Gasteiger partial charge in [0.25, 0.3) is 0 Å². The average Bonchev–Trinajstić information content (AvgIpc) is 2.88. The number of ether oxygens (including phenoxy) is 2. The van der Waals surface area contributed by atoms with Crippen LogP contribution in [0, 0.1) is 11.8 Å². The third-order valence-electron chi connectivity index (χ3n) is 7.29. The summed E-state index contributed by atoms with van der Waals surface area (Å²) in [5.74, 6) is 0.390. The Morgan fingerprint density at radius 1 is 1.21 bits per heavy atom. The molecule has 4 rings (SSSR count). The number of hydrogen-bond donors (Lipinski definition) is 3. The Bertz CT molecular complexity index is 992. The predicted octanol–water partition coefficient (Wildman–Crippen LogP) is 3.73. The van der Waals surface area contributed by atoms with Crippen LogP contribution < -0.4 is 15.4 Å². The van der Waals surface area contributed by atoms with E-state index in [9.17, 15) is 14.7 Å². The van der Waals surface area contributed by atoms with Gasteiger partial charge in [0.15, 0.2) is 0 Å². The van der Waals surface area contributed by atoms with E-state index in [-0.39, 0.29) is 36.8 Å². The summed E-state index contributed by atoms with van der Waals surface area (Å²) in [6.07, 6.45) is 2.29. The molecule has 2 aliphatic heterocycles. The zero-order valence-corrected chi connectivity index (χ0v) is 19.8. The Hall–Kier alpha value is -2.90. The summed E-state index contributed by atoms with van der Waals surface area (Å²) in [5, 5.41) is 16.4. The van der Waals surface area contributed by atoms with E-state index in [1.165, 1.54) is 0 Å². The molecule has 0 aliphatic carbocycles. The zero-order chi connectivity index (χ0) is 24.1. The number of methoxy groups -OCH3 is 1. The molecule has 182 valence electrons. The Kier molecular flexibility index (Phi) is 7.85. The average molecular weight is 467 g/mol. The number of amides is 1. The molecule has 0 unspecified atom stereocenters. The second-order valence-electron chi connectivity index (χ2n) is 9.24. The number of aliphatic hydroxyl groups excluding tert-OH is 1. The molecule has 0 bridgehead atoms. The standard InChI is InChI=1S/C27H34N2O5/c1-3-17(16-30)19-11-12-28-24(13-19)26(34-27(32)18-7-5-4-6-8-18)22-15-25(31)29-23-10-9-20(33-2)14-21(22)23/h4-10,14,17,19,22,24,26,28,30H,3,11-13,15-16H2,1-2H3,(H,29,31)/t17-,19+,22+,24+,26+/m1/s1. The lowest BCUT2D eigenvalue weighted by Gasteiger charge is -2.41. The largest absolute Gasteiger partial charge is 0.497 e. The molecule has 7 nitrogen and oxygen atoms in total. The van der Waals surface area contributed by atoms with Gasteiger partial charge in [0.05, 0.1) is 12.7 Å². The van der Waals surface area contributed by atoms with Gasteiger partial charge in [-0.1, -0.05) is 31.5 Å². The molecule has 1 saturated heterocycles. The van der Waals surface area contributed by atoms with Crippen LogP contribution >= 0.6 is 0 Å². The van der Waals surface area contributed by atoms with Gasteiger partial charge < -0.3 is 25.2 Å². The second kappa shape index (κ2) is 11.0. The van der Waals surface area contributed by atoms with Crippen molar-refractivity contribution >= 4 is 17.6 Å². The molecule has 0 aromatic heterocycles. The minimum absolute atomic E-state index is 0.0995. The molecule has 3 N–H and O–H groups in total. The lowest BCUT2D eigenvalue weighted by Crippen LogP contribution is -2.52. The van der Waals surface area contributed by atoms with Crippen LogP contribution in [0.1, 0.15) is 54.4 Å². The number of nitrogens with one attached hydrogen (secondary N) is 2. The first-order chi connectivity index (χ1) is 16.5. The van der Waals surface area contributed by atoms with Gasteiger partial charge in [-0.05, 0) is 67.1 Å². The Morgan fingerprint density at radius 3 is 2.71 bits per heavy atom. The van der Waals surface area contributed by atoms with E-state index in [4.69, 9.17) is 9.47 Å². The lowest BCUT2D eigenvalue weighted by atomic mass is 9.75. The quantitative estimate of drug-likeness (QED) is 0.513. The van der Waals surface area contributed by atoms with Crippen molar-refractivity contribution < 1.29 is 24.2 Å². The third-order valence-corrected chi connectivity index (χ3v) is 7.29. The summed E-state index contributed by atoms with van der Waals surface area (Å²) < 4.78 is 11.6. The van der Waals surface area contributed by atoms with E-state index >= 15 is 0 Å². The van der Waals surface area contributed by atoms with Gasteiger partial charge in [-0.25, -0.2) is 4.79 Å². The van der Waals surface area contributed by atoms with Crippen LogP contribution in [0.3, 0.4) is 0 Å². The van der Waals surface area contributed by atoms with Crippen molar-refractivity contribution in [1.82, 2.24) is 5.32 Å². The molecule has 0 radical (unpaired) electrons. The van der Waals surface area contributed by atoms with Crippen molar-refractivity contribution in [3.63, 3.8) is 0 Å². The first-order valence-corrected chi connectivity index (χ1v) is 12.1. The van der Waals surface area contributed by atoms with Crippen molar-refractivity contribution in [3.8, 4) is 5.75 Å². The highest BCUT2D eigenvalue weighted by Crippen LogP contribution is 2.41. The summed E-state index contributed by atoms with van der Waals surface area (Å²) in [4.78, 5) is 25.8. The second-order valence-corrected chi connectivity index (χ2v) is 9.24. The SMILES string of the molecule is CC[C@H](CO)[C@H]1CCN[C@H]([C@@H](OC(=O)c2ccccc2)[C@H]2CC(=O)Nc3ccc(OC)cc32)C1. The molecule has 7 heteroatoms. The van der Waals surface area contributed by atoms with E-state index in [0.29, 0.717) is 17.2 Å². The molecule has 5 atom stereocenters. The highest BCUT2D eigenvalue weighted by atomic mass is 16.5. The van der Waals surface area contributed by atoms with Gasteiger partial charge in [-0.3, -0.25) is 4.79 Å². The Balaban J connectivity index is 1.69. The molecule has 2 aromatic rings. The van der Waals surface area contributed by atoms with Gasteiger partial charge in [0, 0.05) is 30.7 Å². The van der Waals surface area contributed by atoms with Gasteiger partial charge in [-0.15, -0.1) is 0 Å². The highest BCUT2D eigenvalue weighted by Gasteiger charge is 2.41. The van der Waals surface area contributed by atoms with Crippen molar-refractivity contribution in [1.29, 1.82) is 0 Å². The fourth-order valence-electron chi connectivity index (χ4n) is 5.37. The van der Waals surface area contributed by atoms with Crippen molar-refractivity contribution in [2.24, 2.45) is 11.8 Å². The van der Waals surface area contributed by atoms with Crippen LogP contribution in [-0.2, 0) is 9.53 Å². The minimum atomic E-state index is -0.552. The van der Waals surface area contributed by atoms with Crippen molar-refractivity contribution in [3.05, 3.63) is 59.7 Å². The van der Waals surface area contributed by atoms with Gasteiger partial charge >= 0.3 is 5.97 Å². The Morgan fingerprint density at radius 2 is 2.00 bits per heavy atom. The number of hydrogen-bond acceptors (Lipinski definition) is 6. The fourth-order valence-corrected chi connectivity index (χ4v) is 5.37. The number of fused-ring (bicyclic) bond motifs is 1. The van der Waals surface area contributed by atoms with Crippen LogP contribution in [-0.4, -0.2) is 49.4 Å². The maximum absolute atomic E-state index is 13.2. The molecule has 1 amide bonds. The van der Waals surface area contributed by atoms with E-state index in [2.05, 4.69) is 17.6 Å². The summed E-state index contributed by atoms with van der Waals surface area (Å²) in [7, 11) is 1.61. The molecule has 2 aliphatic rings. The molecule has 34 heavy (non-hydrogen) atoms. The lowest BCUT2D eigenvalue weighted by molar-refractivity contribution is -0.117. The van der Waals surface area contributed by atoms with Crippen molar-refractivity contribution in [2.45, 2.75) is 50.7 Å². The summed E-state index contributed by atoms with van der Waals surface area (Å²) in [6, 6.07) is 14.4. The first-order valence-electron chi connectivity index (χ1n) is 12.1. The molecule has 0 spiro atoms. The fraction of sp³-hybridized carbons (Fsp3) is 0.481. The van der Waals surface area contributed by atoms with E-state index < -0.39 is 12.1 Å². The van der Waals surface area contributed by atoms with Crippen LogP contribution in [0.5, 0.6) is 5.75 Å². The normalized spacial score (nSPS) is 23.9. The molecule has 2 heterocycles. The number of piperidine rings is 1.